The van der Waals surface area contributed by atoms with Gasteiger partial charge in [-0.2, -0.15) is 0 Å². The van der Waals surface area contributed by atoms with Crippen LogP contribution in [0.5, 0.6) is 0 Å². The summed E-state index contributed by atoms with van der Waals surface area (Å²) in [6.45, 7) is 0.446. The van der Waals surface area contributed by atoms with E-state index < -0.39 is 5.41 Å². The van der Waals surface area contributed by atoms with Crippen molar-refractivity contribution >= 4 is 29.1 Å². The lowest BCUT2D eigenvalue weighted by atomic mass is 9.65. The molecule has 8 heteroatoms. The summed E-state index contributed by atoms with van der Waals surface area (Å²) in [5.41, 5.74) is 7.31. The van der Waals surface area contributed by atoms with Crippen molar-refractivity contribution in [1.82, 2.24) is 16.2 Å². The summed E-state index contributed by atoms with van der Waals surface area (Å²) in [5, 5.41) is 5.74. The summed E-state index contributed by atoms with van der Waals surface area (Å²) in [5.74, 6) is -0.801. The van der Waals surface area contributed by atoms with Gasteiger partial charge >= 0.3 is 0 Å². The van der Waals surface area contributed by atoms with Gasteiger partial charge in [-0.3, -0.25) is 19.8 Å². The minimum absolute atomic E-state index is 0.0736. The largest absolute Gasteiger partial charge is 0.339 e. The fourth-order valence-corrected chi connectivity index (χ4v) is 4.80. The minimum Gasteiger partial charge on any atom is -0.339 e. The zero-order valence-electron chi connectivity index (χ0n) is 15.6. The van der Waals surface area contributed by atoms with Crippen molar-refractivity contribution in [3.05, 3.63) is 60.2 Å². The number of benzene rings is 2. The van der Waals surface area contributed by atoms with Gasteiger partial charge in [0.2, 0.25) is 17.7 Å². The molecule has 2 aromatic carbocycles. The Labute approximate surface area is 167 Å². The highest BCUT2D eigenvalue weighted by Crippen LogP contribution is 2.51. The monoisotopic (exact) mass is 391 g/mol. The van der Waals surface area contributed by atoms with E-state index in [0.717, 1.165) is 5.56 Å². The molecule has 2 fully saturated rings. The number of piperidine rings is 1. The molecule has 1 spiro atoms. The van der Waals surface area contributed by atoms with Crippen LogP contribution in [0.15, 0.2) is 54.6 Å². The van der Waals surface area contributed by atoms with Gasteiger partial charge in [-0.05, 0) is 23.8 Å². The quantitative estimate of drug-likeness (QED) is 0.610. The van der Waals surface area contributed by atoms with Crippen molar-refractivity contribution in [1.29, 1.82) is 0 Å². The first-order valence-electron chi connectivity index (χ1n) is 9.64. The third-order valence-corrected chi connectivity index (χ3v) is 6.03. The van der Waals surface area contributed by atoms with Crippen molar-refractivity contribution in [3.63, 3.8) is 0 Å². The third-order valence-electron chi connectivity index (χ3n) is 6.03. The molecule has 0 aromatic heterocycles. The Bertz CT molecular complexity index is 995. The Morgan fingerprint density at radius 1 is 1.10 bits per heavy atom. The molecule has 0 aliphatic carbocycles. The molecule has 3 amide bonds. The summed E-state index contributed by atoms with van der Waals surface area (Å²) in [6.07, 6.45) is -0.254. The number of nitrogens with zero attached hydrogens (tertiary/aromatic N) is 1. The second-order valence-corrected chi connectivity index (χ2v) is 7.65. The first-order chi connectivity index (χ1) is 14.1. The molecular formula is C21H21N5O3. The standard InChI is InChI=1S/C21H21N5O3/c27-17-10-21(15-11-22-25-19(15)24-17)14-8-4-5-9-16(14)26(20(21)29)12-18(28)23-13-6-2-1-3-7-13/h1-9,15,19,22,25H,10-12H2,(H,23,28)(H,24,27). The smallest absolute Gasteiger partial charge is 0.244 e. The van der Waals surface area contributed by atoms with Crippen LogP contribution in [0.25, 0.3) is 0 Å². The molecule has 3 aliphatic rings. The molecule has 3 heterocycles. The van der Waals surface area contributed by atoms with Gasteiger partial charge in [0.05, 0.1) is 11.6 Å². The van der Waals surface area contributed by atoms with Gasteiger partial charge in [0, 0.05) is 30.3 Å². The molecule has 3 unspecified atom stereocenters. The molecule has 29 heavy (non-hydrogen) atoms. The second-order valence-electron chi connectivity index (χ2n) is 7.65. The van der Waals surface area contributed by atoms with E-state index >= 15 is 0 Å². The highest BCUT2D eigenvalue weighted by Gasteiger charge is 2.61. The first-order valence-corrected chi connectivity index (χ1v) is 9.64. The van der Waals surface area contributed by atoms with Crippen LogP contribution in [0.1, 0.15) is 12.0 Å². The summed E-state index contributed by atoms with van der Waals surface area (Å²) >= 11 is 0. The van der Waals surface area contributed by atoms with E-state index in [1.54, 1.807) is 12.1 Å². The molecule has 0 bridgehead atoms. The van der Waals surface area contributed by atoms with E-state index in [-0.39, 0.29) is 42.8 Å². The second kappa shape index (κ2) is 6.68. The third kappa shape index (κ3) is 2.72. The topological polar surface area (TPSA) is 103 Å². The molecule has 148 valence electrons. The van der Waals surface area contributed by atoms with E-state index in [1.807, 2.05) is 42.5 Å². The first kappa shape index (κ1) is 17.8. The lowest BCUT2D eigenvalue weighted by Gasteiger charge is -2.40. The molecule has 3 atom stereocenters. The fraction of sp³-hybridized carbons (Fsp3) is 0.286. The van der Waals surface area contributed by atoms with Crippen molar-refractivity contribution < 1.29 is 14.4 Å². The Kier molecular flexibility index (Phi) is 4.11. The lowest BCUT2D eigenvalue weighted by molar-refractivity contribution is -0.136. The van der Waals surface area contributed by atoms with Crippen LogP contribution in [0.4, 0.5) is 11.4 Å². The maximum absolute atomic E-state index is 13.7. The number of anilines is 2. The molecule has 8 nitrogen and oxygen atoms in total. The number of fused-ring (bicyclic) bond motifs is 4. The summed E-state index contributed by atoms with van der Waals surface area (Å²) in [4.78, 5) is 40.4. The minimum atomic E-state index is -0.979. The summed E-state index contributed by atoms with van der Waals surface area (Å²) in [7, 11) is 0. The van der Waals surface area contributed by atoms with E-state index in [1.165, 1.54) is 4.90 Å². The van der Waals surface area contributed by atoms with Crippen LogP contribution in [-0.4, -0.2) is 37.0 Å². The van der Waals surface area contributed by atoms with Crippen LogP contribution in [-0.2, 0) is 19.8 Å². The Hall–Kier alpha value is -3.23. The summed E-state index contributed by atoms with van der Waals surface area (Å²) in [6, 6.07) is 16.6. The Balaban J connectivity index is 1.49. The van der Waals surface area contributed by atoms with E-state index in [4.69, 9.17) is 0 Å². The average molecular weight is 391 g/mol. The van der Waals surface area contributed by atoms with Gasteiger partial charge in [-0.25, -0.2) is 5.43 Å². The molecular weight excluding hydrogens is 370 g/mol. The number of carbonyl (C=O) groups is 3. The SMILES string of the molecule is O=C(CN1C(=O)C2(CC(=O)NC3NNCC32)c2ccccc21)Nc1ccccc1. The predicted molar refractivity (Wildman–Crippen MR) is 107 cm³/mol. The number of hydrogen-bond donors (Lipinski definition) is 4. The molecule has 4 N–H and O–H groups in total. The van der Waals surface area contributed by atoms with Crippen LogP contribution in [0.2, 0.25) is 0 Å². The van der Waals surface area contributed by atoms with E-state index in [2.05, 4.69) is 21.5 Å². The maximum atomic E-state index is 13.7. The highest BCUT2D eigenvalue weighted by molar-refractivity contribution is 6.14. The van der Waals surface area contributed by atoms with E-state index in [0.29, 0.717) is 17.9 Å². The van der Waals surface area contributed by atoms with Gasteiger partial charge in [0.1, 0.15) is 6.54 Å². The van der Waals surface area contributed by atoms with Crippen LogP contribution >= 0.6 is 0 Å². The number of nitrogens with one attached hydrogen (secondary N) is 4. The number of amides is 3. The number of hydrogen-bond acceptors (Lipinski definition) is 5. The molecule has 3 aliphatic heterocycles. The zero-order chi connectivity index (χ0) is 20.0. The number of para-hydroxylation sites is 2. The van der Waals surface area contributed by atoms with Crippen LogP contribution in [0, 0.1) is 5.92 Å². The lowest BCUT2D eigenvalue weighted by Crippen LogP contribution is -2.62. The fourth-order valence-electron chi connectivity index (χ4n) is 4.80. The molecule has 2 aromatic rings. The van der Waals surface area contributed by atoms with Gasteiger partial charge < -0.3 is 15.5 Å². The van der Waals surface area contributed by atoms with Crippen molar-refractivity contribution in [2.24, 2.45) is 5.92 Å². The highest BCUT2D eigenvalue weighted by atomic mass is 16.2. The Morgan fingerprint density at radius 2 is 1.86 bits per heavy atom. The predicted octanol–water partition coefficient (Wildman–Crippen LogP) is 0.480. The van der Waals surface area contributed by atoms with Crippen LogP contribution < -0.4 is 26.4 Å². The van der Waals surface area contributed by atoms with Crippen molar-refractivity contribution in [2.75, 3.05) is 23.3 Å². The van der Waals surface area contributed by atoms with E-state index in [9.17, 15) is 14.4 Å². The molecule has 0 saturated carbocycles. The summed E-state index contributed by atoms with van der Waals surface area (Å²) < 4.78 is 0. The van der Waals surface area contributed by atoms with Gasteiger partial charge in [0.25, 0.3) is 0 Å². The maximum Gasteiger partial charge on any atom is 0.244 e. The normalized spacial score (nSPS) is 27.5. The van der Waals surface area contributed by atoms with Gasteiger partial charge in [-0.1, -0.05) is 36.4 Å². The number of hydrazine groups is 1. The zero-order valence-corrected chi connectivity index (χ0v) is 15.6. The van der Waals surface area contributed by atoms with Crippen LogP contribution in [0.3, 0.4) is 0 Å². The van der Waals surface area contributed by atoms with Crippen molar-refractivity contribution in [3.8, 4) is 0 Å². The Morgan fingerprint density at radius 3 is 2.69 bits per heavy atom. The number of carbonyl (C=O) groups excluding carboxylic acids is 3. The number of rotatable bonds is 3. The van der Waals surface area contributed by atoms with Gasteiger partial charge in [0.15, 0.2) is 0 Å². The molecule has 0 radical (unpaired) electrons. The average Bonchev–Trinajstić information content (AvgIpc) is 3.27. The molecule has 5 rings (SSSR count). The molecule has 2 saturated heterocycles. The van der Waals surface area contributed by atoms with Crippen molar-refractivity contribution in [2.45, 2.75) is 18.0 Å². The van der Waals surface area contributed by atoms with Gasteiger partial charge in [-0.15, -0.1) is 0 Å².